The summed E-state index contributed by atoms with van der Waals surface area (Å²) < 4.78 is 5.91. The summed E-state index contributed by atoms with van der Waals surface area (Å²) in [6.45, 7) is 10.8. The summed E-state index contributed by atoms with van der Waals surface area (Å²) in [5.41, 5.74) is 3.05. The van der Waals surface area contributed by atoms with E-state index < -0.39 is 0 Å². The molecule has 1 atom stereocenters. The highest BCUT2D eigenvalue weighted by Gasteiger charge is 2.30. The van der Waals surface area contributed by atoms with Crippen LogP contribution in [0.15, 0.2) is 24.1 Å². The molecule has 1 aromatic heterocycles. The highest BCUT2D eigenvalue weighted by molar-refractivity contribution is 5.52. The number of aromatic nitrogens is 2. The van der Waals surface area contributed by atoms with E-state index in [0.717, 1.165) is 61.9 Å². The molecule has 0 aliphatic carbocycles. The zero-order valence-corrected chi connectivity index (χ0v) is 19.2. The second-order valence-corrected chi connectivity index (χ2v) is 8.62. The lowest BCUT2D eigenvalue weighted by Crippen LogP contribution is -2.53. The maximum atomic E-state index is 9.78. The molecule has 0 amide bonds. The lowest BCUT2D eigenvalue weighted by atomic mass is 10.0. The first-order valence-corrected chi connectivity index (χ1v) is 10.8. The maximum Gasteiger partial charge on any atom is 0.318 e. The van der Waals surface area contributed by atoms with Crippen molar-refractivity contribution in [1.82, 2.24) is 24.7 Å². The molecule has 3 rings (SSSR count). The standard InChI is InChI=1S/C22H36N6O3/c1-16(12-17(2)30)27-7-6-19-20(14-27)23-22(31-11-10-25(3)4)24-21(19)28-9-8-26(5)18(13-28)15-29/h12,18,29-30H,2,6-11,13-15H2,1,3-5H3/b16-12+. The van der Waals surface area contributed by atoms with E-state index in [-0.39, 0.29) is 18.4 Å². The molecule has 0 spiro atoms. The molecule has 2 N–H and O–H groups in total. The van der Waals surface area contributed by atoms with Crippen molar-refractivity contribution in [2.24, 2.45) is 0 Å². The van der Waals surface area contributed by atoms with Gasteiger partial charge in [0.05, 0.1) is 24.9 Å². The number of aliphatic hydroxyl groups is 2. The van der Waals surface area contributed by atoms with Gasteiger partial charge in [0.25, 0.3) is 0 Å². The van der Waals surface area contributed by atoms with Gasteiger partial charge < -0.3 is 29.6 Å². The van der Waals surface area contributed by atoms with E-state index in [1.54, 1.807) is 6.08 Å². The van der Waals surface area contributed by atoms with Crippen LogP contribution in [0.2, 0.25) is 0 Å². The second kappa shape index (κ2) is 10.3. The van der Waals surface area contributed by atoms with Crippen molar-refractivity contribution in [2.45, 2.75) is 25.9 Å². The number of piperazine rings is 1. The van der Waals surface area contributed by atoms with Crippen molar-refractivity contribution in [3.63, 3.8) is 0 Å². The molecule has 0 radical (unpaired) electrons. The Labute approximate surface area is 185 Å². The molecule has 2 aliphatic heterocycles. The zero-order valence-electron chi connectivity index (χ0n) is 19.2. The first-order valence-electron chi connectivity index (χ1n) is 10.8. The summed E-state index contributed by atoms with van der Waals surface area (Å²) in [4.78, 5) is 18.2. The molecule has 1 saturated heterocycles. The number of rotatable bonds is 8. The van der Waals surface area contributed by atoms with Gasteiger partial charge >= 0.3 is 6.01 Å². The van der Waals surface area contributed by atoms with Gasteiger partial charge in [0.15, 0.2) is 0 Å². The van der Waals surface area contributed by atoms with E-state index in [4.69, 9.17) is 14.7 Å². The Morgan fingerprint density at radius 3 is 2.74 bits per heavy atom. The Morgan fingerprint density at radius 2 is 2.06 bits per heavy atom. The van der Waals surface area contributed by atoms with Crippen LogP contribution in [0.1, 0.15) is 18.2 Å². The molecule has 1 fully saturated rings. The van der Waals surface area contributed by atoms with E-state index in [1.165, 1.54) is 0 Å². The Hall–Kier alpha value is -2.36. The van der Waals surface area contributed by atoms with Crippen molar-refractivity contribution in [1.29, 1.82) is 0 Å². The van der Waals surface area contributed by atoms with Gasteiger partial charge in [-0.2, -0.15) is 9.97 Å². The van der Waals surface area contributed by atoms with Crippen molar-refractivity contribution < 1.29 is 14.9 Å². The van der Waals surface area contributed by atoms with E-state index >= 15 is 0 Å². The molecule has 0 aromatic carbocycles. The summed E-state index contributed by atoms with van der Waals surface area (Å²) in [7, 11) is 6.05. The molecule has 172 valence electrons. The fourth-order valence-electron chi connectivity index (χ4n) is 4.00. The number of fused-ring (bicyclic) bond motifs is 1. The molecule has 3 heterocycles. The maximum absolute atomic E-state index is 9.78. The number of anilines is 1. The average Bonchev–Trinajstić information content (AvgIpc) is 2.72. The Morgan fingerprint density at radius 1 is 1.29 bits per heavy atom. The van der Waals surface area contributed by atoms with Gasteiger partial charge in [-0.15, -0.1) is 0 Å². The average molecular weight is 433 g/mol. The summed E-state index contributed by atoms with van der Waals surface area (Å²) >= 11 is 0. The van der Waals surface area contributed by atoms with Crippen LogP contribution in [0.5, 0.6) is 6.01 Å². The summed E-state index contributed by atoms with van der Waals surface area (Å²) in [6, 6.07) is 0.475. The van der Waals surface area contributed by atoms with Gasteiger partial charge in [-0.1, -0.05) is 6.58 Å². The summed E-state index contributed by atoms with van der Waals surface area (Å²) in [6.07, 6.45) is 2.48. The number of hydrogen-bond donors (Lipinski definition) is 2. The molecule has 0 bridgehead atoms. The van der Waals surface area contributed by atoms with Crippen LogP contribution in [-0.2, 0) is 13.0 Å². The number of aliphatic hydroxyl groups excluding tert-OH is 2. The first kappa shape index (κ1) is 23.3. The monoisotopic (exact) mass is 432 g/mol. The number of nitrogens with zero attached hydrogens (tertiary/aromatic N) is 6. The number of ether oxygens (including phenoxy) is 1. The van der Waals surface area contributed by atoms with Crippen LogP contribution >= 0.6 is 0 Å². The number of likely N-dealkylation sites (N-methyl/N-ethyl adjacent to an activating group) is 2. The largest absolute Gasteiger partial charge is 0.509 e. The fraction of sp³-hybridized carbons (Fsp3) is 0.636. The molecule has 31 heavy (non-hydrogen) atoms. The number of allylic oxidation sites excluding steroid dienone is 2. The number of hydrogen-bond acceptors (Lipinski definition) is 9. The van der Waals surface area contributed by atoms with Crippen molar-refractivity contribution >= 4 is 5.82 Å². The molecule has 9 heteroatoms. The molecule has 9 nitrogen and oxygen atoms in total. The Kier molecular flexibility index (Phi) is 7.74. The van der Waals surface area contributed by atoms with Gasteiger partial charge in [-0.05, 0) is 40.6 Å². The van der Waals surface area contributed by atoms with Crippen molar-refractivity contribution in [2.75, 3.05) is 72.0 Å². The first-order chi connectivity index (χ1) is 14.8. The topological polar surface area (TPSA) is 88.4 Å². The van der Waals surface area contributed by atoms with Crippen molar-refractivity contribution in [3.05, 3.63) is 35.4 Å². The molecule has 2 aliphatic rings. The van der Waals surface area contributed by atoms with E-state index in [2.05, 4.69) is 26.2 Å². The van der Waals surface area contributed by atoms with Crippen LogP contribution in [-0.4, -0.2) is 108 Å². The van der Waals surface area contributed by atoms with Crippen molar-refractivity contribution in [3.8, 4) is 6.01 Å². The SMILES string of the molecule is C=C(O)/C=C(\C)N1CCc2c(nc(OCCN(C)C)nc2N2CCN(C)C(CO)C2)C1. The molecule has 1 aromatic rings. The van der Waals surface area contributed by atoms with Gasteiger partial charge in [0.2, 0.25) is 0 Å². The van der Waals surface area contributed by atoms with Crippen LogP contribution in [0.25, 0.3) is 0 Å². The van der Waals surface area contributed by atoms with E-state index in [0.29, 0.717) is 19.2 Å². The zero-order chi connectivity index (χ0) is 22.5. The minimum atomic E-state index is 0.0480. The highest BCUT2D eigenvalue weighted by atomic mass is 16.5. The Bertz CT molecular complexity index is 813. The summed E-state index contributed by atoms with van der Waals surface area (Å²) in [5, 5.41) is 19.3. The van der Waals surface area contributed by atoms with Gasteiger partial charge in [-0.3, -0.25) is 4.90 Å². The molecular weight excluding hydrogens is 396 g/mol. The summed E-state index contributed by atoms with van der Waals surface area (Å²) in [5.74, 6) is 0.969. The lowest BCUT2D eigenvalue weighted by molar-refractivity contribution is 0.135. The third-order valence-electron chi connectivity index (χ3n) is 5.95. The Balaban J connectivity index is 1.90. The fourth-order valence-corrected chi connectivity index (χ4v) is 4.00. The smallest absolute Gasteiger partial charge is 0.318 e. The van der Waals surface area contributed by atoms with E-state index in [1.807, 2.05) is 28.1 Å². The predicted octanol–water partition coefficient (Wildman–Crippen LogP) is 0.863. The van der Waals surface area contributed by atoms with Gasteiger partial charge in [0.1, 0.15) is 18.2 Å². The minimum Gasteiger partial charge on any atom is -0.509 e. The third kappa shape index (κ3) is 5.87. The molecule has 1 unspecified atom stereocenters. The van der Waals surface area contributed by atoms with Gasteiger partial charge in [-0.25, -0.2) is 0 Å². The van der Waals surface area contributed by atoms with E-state index in [9.17, 15) is 10.2 Å². The van der Waals surface area contributed by atoms with Crippen LogP contribution < -0.4 is 9.64 Å². The van der Waals surface area contributed by atoms with Gasteiger partial charge in [0, 0.05) is 44.0 Å². The molecular formula is C22H36N6O3. The second-order valence-electron chi connectivity index (χ2n) is 8.62. The van der Waals surface area contributed by atoms with Crippen LogP contribution in [0.4, 0.5) is 5.82 Å². The molecule has 0 saturated carbocycles. The third-order valence-corrected chi connectivity index (χ3v) is 5.95. The normalized spacial score (nSPS) is 20.2. The lowest BCUT2D eigenvalue weighted by Gasteiger charge is -2.41. The van der Waals surface area contributed by atoms with Crippen LogP contribution in [0, 0.1) is 0 Å². The van der Waals surface area contributed by atoms with Crippen LogP contribution in [0.3, 0.4) is 0 Å². The predicted molar refractivity (Wildman–Crippen MR) is 121 cm³/mol. The highest BCUT2D eigenvalue weighted by Crippen LogP contribution is 2.31. The quantitative estimate of drug-likeness (QED) is 0.459. The minimum absolute atomic E-state index is 0.0480.